The molecule has 0 spiro atoms. The molecule has 2 aromatic carbocycles. The fraction of sp³-hybridized carbons (Fsp3) is 0.174. The first-order valence-electron chi connectivity index (χ1n) is 9.61. The van der Waals surface area contributed by atoms with E-state index in [1.807, 2.05) is 44.2 Å². The molecule has 0 saturated carbocycles. The summed E-state index contributed by atoms with van der Waals surface area (Å²) in [6.45, 7) is 4.28. The summed E-state index contributed by atoms with van der Waals surface area (Å²) in [6, 6.07) is 14.2. The van der Waals surface area contributed by atoms with Crippen LogP contribution in [0.3, 0.4) is 0 Å². The molecule has 0 aliphatic carbocycles. The number of fused-ring (bicyclic) bond motifs is 1. The molecule has 4 aromatic rings. The summed E-state index contributed by atoms with van der Waals surface area (Å²) in [7, 11) is -3.33. The van der Waals surface area contributed by atoms with Gasteiger partial charge in [0.1, 0.15) is 0 Å². The molecule has 0 N–H and O–H groups in total. The van der Waals surface area contributed by atoms with E-state index in [4.69, 9.17) is 0 Å². The van der Waals surface area contributed by atoms with Crippen molar-refractivity contribution >= 4 is 42.4 Å². The van der Waals surface area contributed by atoms with Gasteiger partial charge < -0.3 is 0 Å². The number of benzene rings is 2. The third-order valence-electron chi connectivity index (χ3n) is 5.07. The zero-order valence-electron chi connectivity index (χ0n) is 17.4. The van der Waals surface area contributed by atoms with Gasteiger partial charge in [0.15, 0.2) is 15.0 Å². The number of aryl methyl sites for hydroxylation is 2. The zero-order chi connectivity index (χ0) is 22.2. The third-order valence-corrected chi connectivity index (χ3v) is 7.22. The number of carbonyl (C=O) groups is 1. The molecule has 2 heterocycles. The van der Waals surface area contributed by atoms with Crippen molar-refractivity contribution in [3.8, 4) is 0 Å². The zero-order valence-corrected chi connectivity index (χ0v) is 19.0. The normalized spacial score (nSPS) is 11.6. The second-order valence-electron chi connectivity index (χ2n) is 7.45. The Morgan fingerprint density at radius 1 is 1.06 bits per heavy atom. The number of nitrogens with zero attached hydrogens (tertiary/aromatic N) is 3. The van der Waals surface area contributed by atoms with Gasteiger partial charge in [-0.2, -0.15) is 0 Å². The van der Waals surface area contributed by atoms with Crippen molar-refractivity contribution in [1.82, 2.24) is 9.97 Å². The maximum Gasteiger partial charge on any atom is 0.260 e. The minimum absolute atomic E-state index is 0.172. The molecule has 0 saturated heterocycles. The molecule has 0 unspecified atom stereocenters. The van der Waals surface area contributed by atoms with E-state index in [0.717, 1.165) is 16.7 Å². The van der Waals surface area contributed by atoms with Crippen LogP contribution in [0.4, 0.5) is 5.13 Å². The fourth-order valence-electron chi connectivity index (χ4n) is 3.17. The predicted molar refractivity (Wildman–Crippen MR) is 123 cm³/mol. The number of pyridine rings is 1. The first-order chi connectivity index (χ1) is 14.7. The van der Waals surface area contributed by atoms with Crippen LogP contribution >= 0.6 is 11.3 Å². The highest BCUT2D eigenvalue weighted by molar-refractivity contribution is 7.90. The van der Waals surface area contributed by atoms with E-state index in [-0.39, 0.29) is 10.8 Å². The molecule has 4 rings (SSSR count). The Labute approximate surface area is 185 Å². The number of anilines is 1. The van der Waals surface area contributed by atoms with Crippen LogP contribution in [-0.2, 0) is 16.4 Å². The lowest BCUT2D eigenvalue weighted by Gasteiger charge is -2.20. The molecule has 31 heavy (non-hydrogen) atoms. The van der Waals surface area contributed by atoms with Gasteiger partial charge in [0.2, 0.25) is 0 Å². The molecule has 0 atom stereocenters. The number of amides is 1. The number of rotatable bonds is 5. The lowest BCUT2D eigenvalue weighted by Crippen LogP contribution is -2.30. The van der Waals surface area contributed by atoms with Crippen LogP contribution in [0.2, 0.25) is 0 Å². The summed E-state index contributed by atoms with van der Waals surface area (Å²) in [6.07, 6.45) is 4.58. The van der Waals surface area contributed by atoms with Crippen LogP contribution in [0.25, 0.3) is 10.2 Å². The number of hydrogen-bond donors (Lipinski definition) is 0. The minimum atomic E-state index is -3.33. The van der Waals surface area contributed by atoms with Crippen LogP contribution in [0.15, 0.2) is 65.8 Å². The molecule has 1 amide bonds. The van der Waals surface area contributed by atoms with Crippen molar-refractivity contribution in [3.63, 3.8) is 0 Å². The number of thiazole rings is 1. The molecular formula is C23H21N3O3S2. The van der Waals surface area contributed by atoms with Gasteiger partial charge in [-0.1, -0.05) is 23.5 Å². The molecule has 0 radical (unpaired) electrons. The largest absolute Gasteiger partial charge is 0.279 e. The summed E-state index contributed by atoms with van der Waals surface area (Å²) >= 11 is 1.29. The highest BCUT2D eigenvalue weighted by atomic mass is 32.2. The highest BCUT2D eigenvalue weighted by Crippen LogP contribution is 2.32. The van der Waals surface area contributed by atoms with E-state index in [0.29, 0.717) is 27.5 Å². The molecule has 0 fully saturated rings. The van der Waals surface area contributed by atoms with Crippen LogP contribution in [-0.4, -0.2) is 30.5 Å². The number of aromatic nitrogens is 2. The monoisotopic (exact) mass is 451 g/mol. The molecule has 0 aliphatic heterocycles. The first kappa shape index (κ1) is 21.1. The van der Waals surface area contributed by atoms with E-state index < -0.39 is 9.84 Å². The second kappa shape index (κ2) is 8.20. The molecule has 2 aromatic heterocycles. The number of carbonyl (C=O) groups excluding carboxylic acids is 1. The summed E-state index contributed by atoms with van der Waals surface area (Å²) in [5.74, 6) is -0.172. The molecular weight excluding hydrogens is 430 g/mol. The van der Waals surface area contributed by atoms with Gasteiger partial charge in [0.25, 0.3) is 5.91 Å². The van der Waals surface area contributed by atoms with Crippen molar-refractivity contribution in [2.24, 2.45) is 0 Å². The summed E-state index contributed by atoms with van der Waals surface area (Å²) in [5, 5.41) is 0.507. The van der Waals surface area contributed by atoms with Gasteiger partial charge in [-0.25, -0.2) is 13.4 Å². The Hall–Kier alpha value is -3.10. The summed E-state index contributed by atoms with van der Waals surface area (Å²) in [4.78, 5) is 24.1. The fourth-order valence-corrected chi connectivity index (χ4v) is 4.89. The van der Waals surface area contributed by atoms with Gasteiger partial charge in [-0.05, 0) is 66.9 Å². The molecule has 0 aliphatic rings. The maximum absolute atomic E-state index is 13.5. The van der Waals surface area contributed by atoms with E-state index >= 15 is 0 Å². The van der Waals surface area contributed by atoms with Gasteiger partial charge in [-0.3, -0.25) is 14.7 Å². The lowest BCUT2D eigenvalue weighted by atomic mass is 10.1. The Bertz CT molecular complexity index is 1380. The van der Waals surface area contributed by atoms with Crippen molar-refractivity contribution in [2.45, 2.75) is 25.3 Å². The third kappa shape index (κ3) is 4.50. The summed E-state index contributed by atoms with van der Waals surface area (Å²) < 4.78 is 24.6. The average Bonchev–Trinajstić information content (AvgIpc) is 3.16. The van der Waals surface area contributed by atoms with Crippen LogP contribution in [0.1, 0.15) is 27.0 Å². The summed E-state index contributed by atoms with van der Waals surface area (Å²) in [5.41, 5.74) is 4.24. The Kier molecular flexibility index (Phi) is 5.60. The molecule has 8 heteroatoms. The van der Waals surface area contributed by atoms with Crippen molar-refractivity contribution < 1.29 is 13.2 Å². The Morgan fingerprint density at radius 2 is 1.87 bits per heavy atom. The van der Waals surface area contributed by atoms with Crippen LogP contribution in [0.5, 0.6) is 0 Å². The van der Waals surface area contributed by atoms with Crippen molar-refractivity contribution in [3.05, 3.63) is 83.2 Å². The SMILES string of the molecule is Cc1ccc(C(=O)N(Cc2cccnc2)c2nc3ccc(S(C)(=O)=O)cc3s2)cc1C. The number of sulfone groups is 1. The topological polar surface area (TPSA) is 80.2 Å². The van der Waals surface area contributed by atoms with Gasteiger partial charge >= 0.3 is 0 Å². The van der Waals surface area contributed by atoms with Crippen molar-refractivity contribution in [2.75, 3.05) is 11.2 Å². The predicted octanol–water partition coefficient (Wildman–Crippen LogP) is 4.56. The van der Waals surface area contributed by atoms with E-state index in [1.165, 1.54) is 23.7 Å². The highest BCUT2D eigenvalue weighted by Gasteiger charge is 2.23. The van der Waals surface area contributed by atoms with Crippen molar-refractivity contribution in [1.29, 1.82) is 0 Å². The van der Waals surface area contributed by atoms with Gasteiger partial charge in [-0.15, -0.1) is 0 Å². The lowest BCUT2D eigenvalue weighted by molar-refractivity contribution is 0.0985. The quantitative estimate of drug-likeness (QED) is 0.444. The Morgan fingerprint density at radius 3 is 2.55 bits per heavy atom. The van der Waals surface area contributed by atoms with E-state index in [9.17, 15) is 13.2 Å². The van der Waals surface area contributed by atoms with Gasteiger partial charge in [0.05, 0.1) is 21.7 Å². The maximum atomic E-state index is 13.5. The smallest absolute Gasteiger partial charge is 0.260 e. The standard InChI is InChI=1S/C23H21N3O3S2/c1-15-6-7-18(11-16(15)2)22(27)26(14-17-5-4-10-24-13-17)23-25-20-9-8-19(31(3,28)29)12-21(20)30-23/h4-13H,14H2,1-3H3. The van der Waals surface area contributed by atoms with Crippen LogP contribution < -0.4 is 4.90 Å². The van der Waals surface area contributed by atoms with Crippen LogP contribution in [0, 0.1) is 13.8 Å². The number of hydrogen-bond acceptors (Lipinski definition) is 6. The van der Waals surface area contributed by atoms with E-state index in [1.54, 1.807) is 29.4 Å². The second-order valence-corrected chi connectivity index (χ2v) is 10.5. The van der Waals surface area contributed by atoms with Gasteiger partial charge in [0, 0.05) is 24.2 Å². The molecule has 158 valence electrons. The molecule has 6 nitrogen and oxygen atoms in total. The van der Waals surface area contributed by atoms with E-state index in [2.05, 4.69) is 9.97 Å². The first-order valence-corrected chi connectivity index (χ1v) is 12.3. The average molecular weight is 452 g/mol. The molecule has 0 bridgehead atoms. The Balaban J connectivity index is 1.80. The minimum Gasteiger partial charge on any atom is -0.279 e.